The molecule has 0 unspecified atom stereocenters. The number of benzene rings is 2. The van der Waals surface area contributed by atoms with E-state index in [0.717, 1.165) is 4.47 Å². The zero-order valence-electron chi connectivity index (χ0n) is 9.51. The number of nitrogens with two attached hydrogens (primary N) is 1. The SMILES string of the molecule is NS(=O)(=O)c1ccc(Oc2ccccc2Br)c(Br)c1. The van der Waals surface area contributed by atoms with Gasteiger partial charge in [-0.1, -0.05) is 12.1 Å². The van der Waals surface area contributed by atoms with Gasteiger partial charge in [0.2, 0.25) is 10.0 Å². The van der Waals surface area contributed by atoms with Crippen LogP contribution in [0.2, 0.25) is 0 Å². The van der Waals surface area contributed by atoms with Crippen LogP contribution in [0.3, 0.4) is 0 Å². The lowest BCUT2D eigenvalue weighted by atomic mass is 10.3. The summed E-state index contributed by atoms with van der Waals surface area (Å²) in [5, 5.41) is 5.06. The Hall–Kier alpha value is -0.890. The fourth-order valence-corrected chi connectivity index (χ4v) is 2.90. The minimum absolute atomic E-state index is 0.0267. The highest BCUT2D eigenvalue weighted by molar-refractivity contribution is 9.11. The van der Waals surface area contributed by atoms with Crippen molar-refractivity contribution in [2.75, 3.05) is 0 Å². The molecule has 0 atom stereocenters. The summed E-state index contributed by atoms with van der Waals surface area (Å²) in [6, 6.07) is 11.7. The third-order valence-corrected chi connectivity index (χ3v) is 4.47. The van der Waals surface area contributed by atoms with Gasteiger partial charge in [0, 0.05) is 0 Å². The van der Waals surface area contributed by atoms with Crippen molar-refractivity contribution in [1.29, 1.82) is 0 Å². The van der Waals surface area contributed by atoms with Crippen LogP contribution >= 0.6 is 31.9 Å². The Labute approximate surface area is 127 Å². The second-order valence-corrected chi connectivity index (χ2v) is 6.94. The van der Waals surface area contributed by atoms with Crippen molar-refractivity contribution >= 4 is 41.9 Å². The molecule has 0 aliphatic carbocycles. The van der Waals surface area contributed by atoms with Crippen molar-refractivity contribution in [2.45, 2.75) is 4.90 Å². The van der Waals surface area contributed by atoms with Crippen LogP contribution in [0.15, 0.2) is 56.3 Å². The van der Waals surface area contributed by atoms with Crippen LogP contribution in [0.1, 0.15) is 0 Å². The van der Waals surface area contributed by atoms with Crippen molar-refractivity contribution < 1.29 is 13.2 Å². The van der Waals surface area contributed by atoms with Crippen LogP contribution < -0.4 is 9.88 Å². The monoisotopic (exact) mass is 405 g/mol. The molecule has 0 aromatic heterocycles. The van der Waals surface area contributed by atoms with Crippen LogP contribution in [-0.2, 0) is 10.0 Å². The first kappa shape index (κ1) is 14.5. The van der Waals surface area contributed by atoms with Gasteiger partial charge in [0.25, 0.3) is 0 Å². The number of para-hydroxylation sites is 1. The molecule has 0 spiro atoms. The molecule has 0 saturated heterocycles. The van der Waals surface area contributed by atoms with Crippen LogP contribution in [0.25, 0.3) is 0 Å². The molecule has 2 aromatic carbocycles. The van der Waals surface area contributed by atoms with Gasteiger partial charge in [-0.05, 0) is 62.2 Å². The molecule has 0 fully saturated rings. The molecule has 2 aromatic rings. The van der Waals surface area contributed by atoms with E-state index in [2.05, 4.69) is 31.9 Å². The smallest absolute Gasteiger partial charge is 0.238 e. The molecule has 0 saturated carbocycles. The highest BCUT2D eigenvalue weighted by Gasteiger charge is 2.12. The lowest BCUT2D eigenvalue weighted by Gasteiger charge is -2.10. The normalized spacial score (nSPS) is 11.3. The number of rotatable bonds is 3. The number of hydrogen-bond acceptors (Lipinski definition) is 3. The van der Waals surface area contributed by atoms with Gasteiger partial charge in [0.1, 0.15) is 11.5 Å². The van der Waals surface area contributed by atoms with Gasteiger partial charge in [0.05, 0.1) is 13.8 Å². The van der Waals surface area contributed by atoms with Gasteiger partial charge in [-0.3, -0.25) is 0 Å². The predicted octanol–water partition coefficient (Wildman–Crippen LogP) is 3.65. The third-order valence-electron chi connectivity index (χ3n) is 2.29. The van der Waals surface area contributed by atoms with Crippen molar-refractivity contribution in [3.63, 3.8) is 0 Å². The molecule has 0 amide bonds. The van der Waals surface area contributed by atoms with Gasteiger partial charge in [0.15, 0.2) is 0 Å². The fourth-order valence-electron chi connectivity index (χ4n) is 1.39. The maximum absolute atomic E-state index is 11.2. The van der Waals surface area contributed by atoms with E-state index in [1.165, 1.54) is 12.1 Å². The van der Waals surface area contributed by atoms with Crippen LogP contribution in [0.4, 0.5) is 0 Å². The summed E-state index contributed by atoms with van der Waals surface area (Å²) in [4.78, 5) is 0.0267. The zero-order valence-corrected chi connectivity index (χ0v) is 13.5. The Kier molecular flexibility index (Phi) is 4.29. The summed E-state index contributed by atoms with van der Waals surface area (Å²) < 4.78 is 29.4. The van der Waals surface area contributed by atoms with Gasteiger partial charge < -0.3 is 4.74 Å². The van der Waals surface area contributed by atoms with E-state index in [-0.39, 0.29) is 4.90 Å². The van der Waals surface area contributed by atoms with Crippen LogP contribution in [-0.4, -0.2) is 8.42 Å². The van der Waals surface area contributed by atoms with Crippen molar-refractivity contribution in [3.8, 4) is 11.5 Å². The Morgan fingerprint density at radius 2 is 1.58 bits per heavy atom. The first-order chi connectivity index (χ1) is 8.88. The lowest BCUT2D eigenvalue weighted by Crippen LogP contribution is -2.11. The van der Waals surface area contributed by atoms with Crippen LogP contribution in [0.5, 0.6) is 11.5 Å². The van der Waals surface area contributed by atoms with Crippen molar-refractivity contribution in [2.24, 2.45) is 5.14 Å². The molecule has 0 radical (unpaired) electrons. The topological polar surface area (TPSA) is 69.4 Å². The minimum Gasteiger partial charge on any atom is -0.455 e. The average molecular weight is 407 g/mol. The maximum atomic E-state index is 11.2. The summed E-state index contributed by atoms with van der Waals surface area (Å²) >= 11 is 6.63. The Morgan fingerprint density at radius 3 is 2.16 bits per heavy atom. The third kappa shape index (κ3) is 3.56. The van der Waals surface area contributed by atoms with E-state index in [1.54, 1.807) is 12.1 Å². The van der Waals surface area contributed by atoms with E-state index in [4.69, 9.17) is 9.88 Å². The minimum atomic E-state index is -3.72. The first-order valence-corrected chi connectivity index (χ1v) is 8.26. The molecule has 19 heavy (non-hydrogen) atoms. The Balaban J connectivity index is 2.36. The molecule has 100 valence electrons. The number of sulfonamides is 1. The molecule has 0 aliphatic heterocycles. The molecule has 0 bridgehead atoms. The molecule has 0 heterocycles. The Bertz CT molecular complexity index is 717. The quantitative estimate of drug-likeness (QED) is 0.845. The first-order valence-electron chi connectivity index (χ1n) is 5.12. The summed E-state index contributed by atoms with van der Waals surface area (Å²) in [6.45, 7) is 0. The number of halogens is 2. The number of hydrogen-bond donors (Lipinski definition) is 1. The van der Waals surface area contributed by atoms with Gasteiger partial charge in [-0.2, -0.15) is 0 Å². The number of ether oxygens (including phenoxy) is 1. The van der Waals surface area contributed by atoms with Gasteiger partial charge >= 0.3 is 0 Å². The summed E-state index contributed by atoms with van der Waals surface area (Å²) in [7, 11) is -3.72. The van der Waals surface area contributed by atoms with Crippen LogP contribution in [0, 0.1) is 0 Å². The standard InChI is InChI=1S/C12H9Br2NO3S/c13-9-3-1-2-4-11(9)18-12-6-5-8(7-10(12)14)19(15,16)17/h1-7H,(H2,15,16,17). The van der Waals surface area contributed by atoms with E-state index in [9.17, 15) is 8.42 Å². The predicted molar refractivity (Wildman–Crippen MR) is 79.7 cm³/mol. The molecule has 4 nitrogen and oxygen atoms in total. The zero-order chi connectivity index (χ0) is 14.0. The summed E-state index contributed by atoms with van der Waals surface area (Å²) in [5.74, 6) is 1.13. The molecule has 7 heteroatoms. The second-order valence-electron chi connectivity index (χ2n) is 3.67. The van der Waals surface area contributed by atoms with Crippen molar-refractivity contribution in [3.05, 3.63) is 51.4 Å². The second kappa shape index (κ2) is 5.62. The van der Waals surface area contributed by atoms with Gasteiger partial charge in [-0.25, -0.2) is 13.6 Å². The van der Waals surface area contributed by atoms with E-state index < -0.39 is 10.0 Å². The molecule has 0 aliphatic rings. The van der Waals surface area contributed by atoms with E-state index in [1.807, 2.05) is 18.2 Å². The summed E-state index contributed by atoms with van der Waals surface area (Å²) in [5.41, 5.74) is 0. The average Bonchev–Trinajstić information content (AvgIpc) is 2.33. The van der Waals surface area contributed by atoms with Gasteiger partial charge in [-0.15, -0.1) is 0 Å². The highest BCUT2D eigenvalue weighted by atomic mass is 79.9. The molecular formula is C12H9Br2NO3S. The fraction of sp³-hybridized carbons (Fsp3) is 0. The molecule has 2 N–H and O–H groups in total. The van der Waals surface area contributed by atoms with E-state index >= 15 is 0 Å². The lowest BCUT2D eigenvalue weighted by molar-refractivity contribution is 0.476. The molecular weight excluding hydrogens is 398 g/mol. The summed E-state index contributed by atoms with van der Waals surface area (Å²) in [6.07, 6.45) is 0. The largest absolute Gasteiger partial charge is 0.455 e. The highest BCUT2D eigenvalue weighted by Crippen LogP contribution is 2.34. The number of primary sulfonamides is 1. The maximum Gasteiger partial charge on any atom is 0.238 e. The van der Waals surface area contributed by atoms with E-state index in [0.29, 0.717) is 16.0 Å². The molecule has 2 rings (SSSR count). The Morgan fingerprint density at radius 1 is 0.947 bits per heavy atom. The van der Waals surface area contributed by atoms with Crippen molar-refractivity contribution in [1.82, 2.24) is 0 Å².